The molecule has 6 nitrogen and oxygen atoms in total. The zero-order valence-corrected chi connectivity index (χ0v) is 13.8. The zero-order valence-electron chi connectivity index (χ0n) is 13.8. The molecule has 1 aliphatic heterocycles. The number of oxime groups is 1. The van der Waals surface area contributed by atoms with E-state index >= 15 is 0 Å². The van der Waals surface area contributed by atoms with Crippen molar-refractivity contribution in [2.24, 2.45) is 5.16 Å². The monoisotopic (exact) mass is 330 g/mol. The predicted molar refractivity (Wildman–Crippen MR) is 88.3 cm³/mol. The Morgan fingerprint density at radius 1 is 1.38 bits per heavy atom. The van der Waals surface area contributed by atoms with Gasteiger partial charge in [0.1, 0.15) is 5.82 Å². The standard InChI is InChI=1S/C17H19FN4O2/c1-11(2)22-10-14(9-19-22)20-16(23)17(3)8-15(21-24-17)12-4-6-13(18)7-5-12/h4-7,9-11H,8H2,1-3H3,(H,20,23). The van der Waals surface area contributed by atoms with Gasteiger partial charge in [-0.25, -0.2) is 4.39 Å². The Bertz CT molecular complexity index is 782. The molecule has 0 bridgehead atoms. The van der Waals surface area contributed by atoms with Crippen LogP contribution in [0.25, 0.3) is 0 Å². The minimum atomic E-state index is -1.11. The van der Waals surface area contributed by atoms with E-state index in [-0.39, 0.29) is 17.8 Å². The molecule has 2 aromatic rings. The Morgan fingerprint density at radius 3 is 2.71 bits per heavy atom. The zero-order chi connectivity index (χ0) is 17.3. The fourth-order valence-corrected chi connectivity index (χ4v) is 2.41. The van der Waals surface area contributed by atoms with Gasteiger partial charge < -0.3 is 10.2 Å². The van der Waals surface area contributed by atoms with Crippen molar-refractivity contribution in [1.29, 1.82) is 0 Å². The second-order valence-electron chi connectivity index (χ2n) is 6.30. The fourth-order valence-electron chi connectivity index (χ4n) is 2.41. The van der Waals surface area contributed by atoms with E-state index in [0.717, 1.165) is 5.56 Å². The molecule has 0 radical (unpaired) electrons. The molecule has 0 aliphatic carbocycles. The van der Waals surface area contributed by atoms with E-state index in [9.17, 15) is 9.18 Å². The summed E-state index contributed by atoms with van der Waals surface area (Å²) in [5, 5.41) is 11.0. The summed E-state index contributed by atoms with van der Waals surface area (Å²) in [6.45, 7) is 5.68. The van der Waals surface area contributed by atoms with Gasteiger partial charge in [-0.2, -0.15) is 5.10 Å². The van der Waals surface area contributed by atoms with Crippen LogP contribution in [0.15, 0.2) is 41.8 Å². The third-order valence-electron chi connectivity index (χ3n) is 3.91. The second kappa shape index (κ2) is 6.07. The Balaban J connectivity index is 1.68. The molecule has 1 aromatic carbocycles. The molecule has 1 aliphatic rings. The normalized spacial score (nSPS) is 20.0. The van der Waals surface area contributed by atoms with E-state index in [1.165, 1.54) is 12.1 Å². The number of carbonyl (C=O) groups is 1. The third-order valence-corrected chi connectivity index (χ3v) is 3.91. The average Bonchev–Trinajstić information content (AvgIpc) is 3.16. The van der Waals surface area contributed by atoms with Crippen LogP contribution in [0.1, 0.15) is 38.8 Å². The van der Waals surface area contributed by atoms with E-state index < -0.39 is 5.60 Å². The average molecular weight is 330 g/mol. The van der Waals surface area contributed by atoms with Gasteiger partial charge >= 0.3 is 0 Å². The van der Waals surface area contributed by atoms with E-state index in [2.05, 4.69) is 15.6 Å². The van der Waals surface area contributed by atoms with Crippen LogP contribution < -0.4 is 5.32 Å². The van der Waals surface area contributed by atoms with Crippen molar-refractivity contribution in [3.05, 3.63) is 48.0 Å². The molecule has 0 fully saturated rings. The van der Waals surface area contributed by atoms with E-state index in [1.54, 1.807) is 36.1 Å². The quantitative estimate of drug-likeness (QED) is 0.936. The summed E-state index contributed by atoms with van der Waals surface area (Å²) in [5.74, 6) is -0.618. The Kier molecular flexibility index (Phi) is 4.09. The molecule has 1 unspecified atom stereocenters. The highest BCUT2D eigenvalue weighted by Gasteiger charge is 2.42. The maximum absolute atomic E-state index is 13.0. The molecular weight excluding hydrogens is 311 g/mol. The lowest BCUT2D eigenvalue weighted by atomic mass is 9.95. The van der Waals surface area contributed by atoms with E-state index in [4.69, 9.17) is 4.84 Å². The van der Waals surface area contributed by atoms with Gasteiger partial charge in [0.25, 0.3) is 5.91 Å². The molecule has 0 saturated carbocycles. The lowest BCUT2D eigenvalue weighted by molar-refractivity contribution is -0.135. The molecule has 0 saturated heterocycles. The number of anilines is 1. The van der Waals surface area contributed by atoms with Crippen LogP contribution in [0.5, 0.6) is 0 Å². The third kappa shape index (κ3) is 3.15. The summed E-state index contributed by atoms with van der Waals surface area (Å²) in [4.78, 5) is 17.9. The predicted octanol–water partition coefficient (Wildman–Crippen LogP) is 3.12. The number of benzene rings is 1. The first-order valence-electron chi connectivity index (χ1n) is 7.74. The van der Waals surface area contributed by atoms with Gasteiger partial charge in [-0.3, -0.25) is 9.48 Å². The van der Waals surface area contributed by atoms with E-state index in [0.29, 0.717) is 17.8 Å². The van der Waals surface area contributed by atoms with Crippen molar-refractivity contribution in [2.75, 3.05) is 5.32 Å². The summed E-state index contributed by atoms with van der Waals surface area (Å²) in [5.41, 5.74) is 0.851. The van der Waals surface area contributed by atoms with Crippen LogP contribution in [0.2, 0.25) is 0 Å². The van der Waals surface area contributed by atoms with Crippen molar-refractivity contribution in [3.8, 4) is 0 Å². The molecule has 24 heavy (non-hydrogen) atoms. The first kappa shape index (κ1) is 16.2. The minimum Gasteiger partial charge on any atom is -0.379 e. The fraction of sp³-hybridized carbons (Fsp3) is 0.353. The van der Waals surface area contributed by atoms with Crippen LogP contribution in [0.3, 0.4) is 0 Å². The molecule has 0 spiro atoms. The maximum atomic E-state index is 13.0. The SMILES string of the molecule is CC(C)n1cc(NC(=O)C2(C)CC(c3ccc(F)cc3)=NO2)cn1. The topological polar surface area (TPSA) is 68.5 Å². The van der Waals surface area contributed by atoms with Crippen molar-refractivity contribution in [1.82, 2.24) is 9.78 Å². The summed E-state index contributed by atoms with van der Waals surface area (Å²) in [6, 6.07) is 6.16. The number of aromatic nitrogens is 2. The lowest BCUT2D eigenvalue weighted by Crippen LogP contribution is -2.40. The molecule has 126 valence electrons. The largest absolute Gasteiger partial charge is 0.379 e. The first-order chi connectivity index (χ1) is 11.4. The maximum Gasteiger partial charge on any atom is 0.271 e. The molecule has 7 heteroatoms. The Labute approximate surface area is 139 Å². The van der Waals surface area contributed by atoms with Crippen LogP contribution in [-0.2, 0) is 9.63 Å². The highest BCUT2D eigenvalue weighted by Crippen LogP contribution is 2.28. The van der Waals surface area contributed by atoms with Crippen LogP contribution >= 0.6 is 0 Å². The van der Waals surface area contributed by atoms with E-state index in [1.807, 2.05) is 13.8 Å². The molecule has 1 atom stereocenters. The number of nitrogens with zero attached hydrogens (tertiary/aromatic N) is 3. The summed E-state index contributed by atoms with van der Waals surface area (Å²) in [7, 11) is 0. The Hall–Kier alpha value is -2.70. The molecule has 1 N–H and O–H groups in total. The van der Waals surface area contributed by atoms with Gasteiger partial charge in [-0.05, 0) is 38.5 Å². The summed E-state index contributed by atoms with van der Waals surface area (Å²) >= 11 is 0. The number of amides is 1. The van der Waals surface area contributed by atoms with Crippen molar-refractivity contribution in [2.45, 2.75) is 38.8 Å². The van der Waals surface area contributed by atoms with Crippen LogP contribution in [-0.4, -0.2) is 27.0 Å². The molecule has 2 heterocycles. The summed E-state index contributed by atoms with van der Waals surface area (Å²) < 4.78 is 14.8. The number of halogens is 1. The van der Waals surface area contributed by atoms with Crippen LogP contribution in [0.4, 0.5) is 10.1 Å². The highest BCUT2D eigenvalue weighted by molar-refractivity contribution is 6.07. The van der Waals surface area contributed by atoms with Gasteiger partial charge in [0.15, 0.2) is 0 Å². The first-order valence-corrected chi connectivity index (χ1v) is 7.74. The van der Waals surface area contributed by atoms with Gasteiger partial charge in [0.05, 0.1) is 17.6 Å². The van der Waals surface area contributed by atoms with Gasteiger partial charge in [0, 0.05) is 18.7 Å². The molecule has 1 aromatic heterocycles. The van der Waals surface area contributed by atoms with Crippen molar-refractivity contribution < 1.29 is 14.0 Å². The molecule has 1 amide bonds. The van der Waals surface area contributed by atoms with Crippen molar-refractivity contribution in [3.63, 3.8) is 0 Å². The van der Waals surface area contributed by atoms with Crippen LogP contribution in [0, 0.1) is 5.82 Å². The van der Waals surface area contributed by atoms with Gasteiger partial charge in [-0.1, -0.05) is 17.3 Å². The number of rotatable bonds is 4. The number of nitrogens with one attached hydrogen (secondary N) is 1. The number of hydrogen-bond donors (Lipinski definition) is 1. The molecular formula is C17H19FN4O2. The highest BCUT2D eigenvalue weighted by atomic mass is 19.1. The van der Waals surface area contributed by atoms with Gasteiger partial charge in [0.2, 0.25) is 5.60 Å². The number of carbonyl (C=O) groups excluding carboxylic acids is 1. The lowest BCUT2D eigenvalue weighted by Gasteiger charge is -2.19. The second-order valence-corrected chi connectivity index (χ2v) is 6.30. The minimum absolute atomic E-state index is 0.211. The smallest absolute Gasteiger partial charge is 0.271 e. The Morgan fingerprint density at radius 2 is 2.08 bits per heavy atom. The van der Waals surface area contributed by atoms with Gasteiger partial charge in [-0.15, -0.1) is 0 Å². The molecule has 3 rings (SSSR count). The number of hydrogen-bond acceptors (Lipinski definition) is 4. The summed E-state index contributed by atoms with van der Waals surface area (Å²) in [6.07, 6.45) is 3.67. The van der Waals surface area contributed by atoms with Crippen molar-refractivity contribution >= 4 is 17.3 Å².